The van der Waals surface area contributed by atoms with E-state index in [2.05, 4.69) is 0 Å². The topological polar surface area (TPSA) is 86.4 Å². The number of benzene rings is 2. The molecule has 3 rings (SSSR count). The van der Waals surface area contributed by atoms with Crippen LogP contribution in [0.15, 0.2) is 53.3 Å². The molecule has 0 aliphatic rings. The quantitative estimate of drug-likeness (QED) is 0.586. The van der Waals surface area contributed by atoms with E-state index in [0.29, 0.717) is 17.3 Å². The van der Waals surface area contributed by atoms with E-state index in [-0.39, 0.29) is 29.4 Å². The van der Waals surface area contributed by atoms with Crippen molar-refractivity contribution in [1.82, 2.24) is 9.47 Å². The SMILES string of the molecule is Cc1ccc2c(c1)c(C(=N)CC(C)N(C)C)c(C(=O)O)c(=O)n2Cc1ccccc1. The molecule has 2 aromatic carbocycles. The molecule has 0 radical (unpaired) electrons. The number of fused-ring (bicyclic) bond motifs is 1. The lowest BCUT2D eigenvalue weighted by atomic mass is 9.93. The molecule has 1 unspecified atom stereocenters. The van der Waals surface area contributed by atoms with Gasteiger partial charge in [-0.15, -0.1) is 0 Å². The molecule has 0 saturated carbocycles. The van der Waals surface area contributed by atoms with Gasteiger partial charge in [-0.3, -0.25) is 4.79 Å². The summed E-state index contributed by atoms with van der Waals surface area (Å²) in [5.74, 6) is -1.30. The van der Waals surface area contributed by atoms with Gasteiger partial charge < -0.3 is 20.0 Å². The first kappa shape index (κ1) is 21.5. The van der Waals surface area contributed by atoms with Crippen LogP contribution in [0.25, 0.3) is 10.9 Å². The van der Waals surface area contributed by atoms with E-state index in [1.165, 1.54) is 4.57 Å². The van der Waals surface area contributed by atoms with Gasteiger partial charge in [-0.05, 0) is 45.6 Å². The smallest absolute Gasteiger partial charge is 0.342 e. The second-order valence-corrected chi connectivity index (χ2v) is 7.95. The highest BCUT2D eigenvalue weighted by molar-refractivity contribution is 6.15. The van der Waals surface area contributed by atoms with Crippen LogP contribution in [0.2, 0.25) is 0 Å². The highest BCUT2D eigenvalue weighted by Gasteiger charge is 2.25. The normalized spacial score (nSPS) is 12.3. The molecule has 0 spiro atoms. The molecule has 6 nitrogen and oxygen atoms in total. The number of aromatic nitrogens is 1. The molecule has 0 saturated heterocycles. The average Bonchev–Trinajstić information content (AvgIpc) is 2.69. The summed E-state index contributed by atoms with van der Waals surface area (Å²) >= 11 is 0. The maximum Gasteiger partial charge on any atom is 0.342 e. The molecule has 0 amide bonds. The Hall–Kier alpha value is -3.25. The van der Waals surface area contributed by atoms with Crippen LogP contribution < -0.4 is 5.56 Å². The van der Waals surface area contributed by atoms with Gasteiger partial charge in [-0.2, -0.15) is 0 Å². The molecule has 3 aromatic rings. The number of nitrogens with one attached hydrogen (secondary N) is 1. The molecule has 0 aliphatic heterocycles. The summed E-state index contributed by atoms with van der Waals surface area (Å²) in [5, 5.41) is 19.3. The monoisotopic (exact) mass is 405 g/mol. The minimum Gasteiger partial charge on any atom is -0.477 e. The van der Waals surface area contributed by atoms with Gasteiger partial charge in [0, 0.05) is 29.1 Å². The molecule has 2 N–H and O–H groups in total. The van der Waals surface area contributed by atoms with Gasteiger partial charge in [0.1, 0.15) is 5.56 Å². The summed E-state index contributed by atoms with van der Waals surface area (Å²) in [6, 6.07) is 15.1. The number of aromatic carboxylic acids is 1. The maximum atomic E-state index is 13.3. The largest absolute Gasteiger partial charge is 0.477 e. The van der Waals surface area contributed by atoms with Gasteiger partial charge in [0.2, 0.25) is 0 Å². The lowest BCUT2D eigenvalue weighted by Gasteiger charge is -2.22. The predicted molar refractivity (Wildman–Crippen MR) is 120 cm³/mol. The Balaban J connectivity index is 2.31. The first-order chi connectivity index (χ1) is 14.2. The summed E-state index contributed by atoms with van der Waals surface area (Å²) in [4.78, 5) is 27.5. The first-order valence-corrected chi connectivity index (χ1v) is 9.89. The zero-order valence-electron chi connectivity index (χ0n) is 17.8. The number of aryl methyl sites for hydroxylation is 1. The Bertz CT molecular complexity index is 1160. The molecular formula is C24H27N3O3. The van der Waals surface area contributed by atoms with Crippen molar-refractivity contribution in [2.24, 2.45) is 0 Å². The van der Waals surface area contributed by atoms with Crippen molar-refractivity contribution in [2.75, 3.05) is 14.1 Å². The van der Waals surface area contributed by atoms with Crippen LogP contribution in [0, 0.1) is 12.3 Å². The molecule has 0 aliphatic carbocycles. The van der Waals surface area contributed by atoms with Gasteiger partial charge in [-0.1, -0.05) is 42.0 Å². The summed E-state index contributed by atoms with van der Waals surface area (Å²) in [6.07, 6.45) is 0.346. The van der Waals surface area contributed by atoms with Crippen LogP contribution in [0.3, 0.4) is 0 Å². The second kappa shape index (κ2) is 8.63. The third kappa shape index (κ3) is 4.19. The Morgan fingerprint density at radius 2 is 1.80 bits per heavy atom. The number of rotatable bonds is 7. The summed E-state index contributed by atoms with van der Waals surface area (Å²) < 4.78 is 1.50. The van der Waals surface area contributed by atoms with Crippen molar-refractivity contribution in [2.45, 2.75) is 32.9 Å². The number of carboxylic acid groups (broad SMARTS) is 1. The number of carboxylic acids is 1. The lowest BCUT2D eigenvalue weighted by molar-refractivity contribution is 0.0694. The van der Waals surface area contributed by atoms with Gasteiger partial charge in [0.05, 0.1) is 12.1 Å². The minimum atomic E-state index is -1.30. The highest BCUT2D eigenvalue weighted by Crippen LogP contribution is 2.25. The average molecular weight is 405 g/mol. The number of hydrogen-bond donors (Lipinski definition) is 2. The Labute approximate surface area is 175 Å². The lowest BCUT2D eigenvalue weighted by Crippen LogP contribution is -2.33. The standard InChI is InChI=1S/C24H27N3O3/c1-15-10-11-20-18(12-15)21(19(25)13-16(2)26(3)4)22(24(29)30)23(28)27(20)14-17-8-6-5-7-9-17/h5-12,16,25H,13-14H2,1-4H3,(H,29,30). The van der Waals surface area contributed by atoms with Gasteiger partial charge >= 0.3 is 5.97 Å². The van der Waals surface area contributed by atoms with E-state index in [1.54, 1.807) is 0 Å². The van der Waals surface area contributed by atoms with E-state index >= 15 is 0 Å². The van der Waals surface area contributed by atoms with Crippen LogP contribution in [0.5, 0.6) is 0 Å². The molecule has 1 heterocycles. The molecule has 30 heavy (non-hydrogen) atoms. The van der Waals surface area contributed by atoms with Crippen LogP contribution in [-0.2, 0) is 6.54 Å². The zero-order chi connectivity index (χ0) is 22.0. The summed E-state index contributed by atoms with van der Waals surface area (Å²) in [7, 11) is 3.83. The van der Waals surface area contributed by atoms with E-state index < -0.39 is 11.5 Å². The maximum absolute atomic E-state index is 13.3. The Morgan fingerprint density at radius 3 is 2.40 bits per heavy atom. The number of pyridine rings is 1. The van der Waals surface area contributed by atoms with Crippen molar-refractivity contribution < 1.29 is 9.90 Å². The summed E-state index contributed by atoms with van der Waals surface area (Å²) in [5.41, 5.74) is 1.95. The minimum absolute atomic E-state index is 0.0331. The fourth-order valence-electron chi connectivity index (χ4n) is 3.59. The van der Waals surface area contributed by atoms with Gasteiger partial charge in [-0.25, -0.2) is 4.79 Å². The highest BCUT2D eigenvalue weighted by atomic mass is 16.4. The molecule has 6 heteroatoms. The predicted octanol–water partition coefficient (Wildman–Crippen LogP) is 3.76. The summed E-state index contributed by atoms with van der Waals surface area (Å²) in [6.45, 7) is 4.16. The number of hydrogen-bond acceptors (Lipinski definition) is 4. The van der Waals surface area contributed by atoms with Crippen molar-refractivity contribution >= 4 is 22.6 Å². The molecule has 0 fully saturated rings. The third-order valence-electron chi connectivity index (χ3n) is 5.50. The van der Waals surface area contributed by atoms with Crippen molar-refractivity contribution in [1.29, 1.82) is 5.41 Å². The van der Waals surface area contributed by atoms with E-state index in [9.17, 15) is 14.7 Å². The van der Waals surface area contributed by atoms with Crippen LogP contribution >= 0.6 is 0 Å². The number of nitrogens with zero attached hydrogens (tertiary/aromatic N) is 2. The number of carbonyl (C=O) groups is 1. The zero-order valence-corrected chi connectivity index (χ0v) is 17.8. The third-order valence-corrected chi connectivity index (χ3v) is 5.50. The molecular weight excluding hydrogens is 378 g/mol. The Kier molecular flexibility index (Phi) is 6.17. The fraction of sp³-hybridized carbons (Fsp3) is 0.292. The first-order valence-electron chi connectivity index (χ1n) is 9.89. The van der Waals surface area contributed by atoms with Crippen molar-refractivity contribution in [3.05, 3.63) is 81.1 Å². The van der Waals surface area contributed by atoms with E-state index in [1.807, 2.05) is 81.4 Å². The van der Waals surface area contributed by atoms with Gasteiger partial charge in [0.25, 0.3) is 5.56 Å². The molecule has 1 atom stereocenters. The Morgan fingerprint density at radius 1 is 1.13 bits per heavy atom. The fourth-order valence-corrected chi connectivity index (χ4v) is 3.59. The van der Waals surface area contributed by atoms with Crippen molar-refractivity contribution in [3.63, 3.8) is 0 Å². The second-order valence-electron chi connectivity index (χ2n) is 7.95. The van der Waals surface area contributed by atoms with Gasteiger partial charge in [0.15, 0.2) is 0 Å². The van der Waals surface area contributed by atoms with Crippen molar-refractivity contribution in [3.8, 4) is 0 Å². The molecule has 0 bridgehead atoms. The molecule has 156 valence electrons. The van der Waals surface area contributed by atoms with Crippen LogP contribution in [0.4, 0.5) is 0 Å². The van der Waals surface area contributed by atoms with E-state index in [0.717, 1.165) is 11.1 Å². The van der Waals surface area contributed by atoms with E-state index in [4.69, 9.17) is 5.41 Å². The van der Waals surface area contributed by atoms with Crippen LogP contribution in [-0.4, -0.2) is 46.4 Å². The molecule has 1 aromatic heterocycles. The van der Waals surface area contributed by atoms with Crippen LogP contribution in [0.1, 0.15) is 40.4 Å².